The number of primary amides is 1. The van der Waals surface area contributed by atoms with Crippen molar-refractivity contribution in [3.8, 4) is 11.5 Å². The van der Waals surface area contributed by atoms with Crippen LogP contribution < -0.4 is 16.4 Å². The molecule has 152 valence electrons. The number of rotatable bonds is 5. The molecule has 0 bridgehead atoms. The molecule has 7 N–H and O–H groups in total. The summed E-state index contributed by atoms with van der Waals surface area (Å²) in [5.41, 5.74) is 13.2. The average Bonchev–Trinajstić information content (AvgIpc) is 3.04. The minimum Gasteiger partial charge on any atom is -0.508 e. The molecule has 1 aromatic heterocycles. The number of phenols is 2. The van der Waals surface area contributed by atoms with Crippen molar-refractivity contribution in [1.82, 2.24) is 4.57 Å². The highest BCUT2D eigenvalue weighted by Crippen LogP contribution is 2.34. The molecule has 1 heterocycles. The summed E-state index contributed by atoms with van der Waals surface area (Å²) in [5.74, 6) is -0.693. The Hall–Kier alpha value is -3.52. The van der Waals surface area contributed by atoms with Gasteiger partial charge >= 0.3 is 6.03 Å². The zero-order chi connectivity index (χ0) is 21.3. The number of urea groups is 1. The smallest absolute Gasteiger partial charge is 0.325 e. The summed E-state index contributed by atoms with van der Waals surface area (Å²) in [6.07, 6.45) is 1.90. The monoisotopic (exact) mass is 395 g/mol. The number of aromatic hydroxyl groups is 2. The SMILES string of the molecule is CC(C)c1cc(C(=N)N(C(N)=O)c2ccc3c(ccn3CCN)c2)c(O)cc1O. The Bertz CT molecular complexity index is 1090. The van der Waals surface area contributed by atoms with Crippen molar-refractivity contribution < 1.29 is 15.0 Å². The second kappa shape index (κ2) is 7.84. The largest absolute Gasteiger partial charge is 0.508 e. The Balaban J connectivity index is 2.07. The molecule has 0 atom stereocenters. The van der Waals surface area contributed by atoms with Crippen molar-refractivity contribution in [2.24, 2.45) is 11.5 Å². The van der Waals surface area contributed by atoms with Gasteiger partial charge in [-0.3, -0.25) is 5.41 Å². The van der Waals surface area contributed by atoms with Gasteiger partial charge in [-0.1, -0.05) is 13.8 Å². The van der Waals surface area contributed by atoms with E-state index in [9.17, 15) is 15.0 Å². The Morgan fingerprint density at radius 3 is 2.52 bits per heavy atom. The summed E-state index contributed by atoms with van der Waals surface area (Å²) < 4.78 is 2.00. The van der Waals surface area contributed by atoms with E-state index in [0.717, 1.165) is 15.8 Å². The van der Waals surface area contributed by atoms with Crippen molar-refractivity contribution in [2.75, 3.05) is 11.4 Å². The molecule has 0 aliphatic rings. The molecule has 2 amide bonds. The summed E-state index contributed by atoms with van der Waals surface area (Å²) >= 11 is 0. The molecule has 8 heteroatoms. The number of hydrogen-bond donors (Lipinski definition) is 5. The van der Waals surface area contributed by atoms with E-state index in [1.165, 1.54) is 12.1 Å². The number of phenolic OH excluding ortho intramolecular Hbond substituents is 2. The highest BCUT2D eigenvalue weighted by molar-refractivity contribution is 6.22. The maximum Gasteiger partial charge on any atom is 0.325 e. The van der Waals surface area contributed by atoms with Gasteiger partial charge in [0.25, 0.3) is 0 Å². The average molecular weight is 395 g/mol. The highest BCUT2D eigenvalue weighted by Gasteiger charge is 2.24. The van der Waals surface area contributed by atoms with E-state index in [2.05, 4.69) is 0 Å². The van der Waals surface area contributed by atoms with Gasteiger partial charge < -0.3 is 26.2 Å². The number of fused-ring (bicyclic) bond motifs is 1. The summed E-state index contributed by atoms with van der Waals surface area (Å²) in [5, 5.41) is 29.7. The van der Waals surface area contributed by atoms with Gasteiger partial charge in [-0.2, -0.15) is 0 Å². The van der Waals surface area contributed by atoms with Gasteiger partial charge in [0.2, 0.25) is 0 Å². The van der Waals surface area contributed by atoms with Gasteiger partial charge in [0.15, 0.2) is 0 Å². The van der Waals surface area contributed by atoms with Crippen LogP contribution in [0, 0.1) is 5.41 Å². The third-order valence-electron chi connectivity index (χ3n) is 4.85. The lowest BCUT2D eigenvalue weighted by Crippen LogP contribution is -2.41. The molecule has 0 unspecified atom stereocenters. The van der Waals surface area contributed by atoms with Crippen molar-refractivity contribution >= 4 is 28.5 Å². The molecule has 0 aliphatic heterocycles. The summed E-state index contributed by atoms with van der Waals surface area (Å²) in [7, 11) is 0. The number of amidine groups is 1. The van der Waals surface area contributed by atoms with Gasteiger partial charge in [-0.15, -0.1) is 0 Å². The fraction of sp³-hybridized carbons (Fsp3) is 0.238. The number of benzene rings is 2. The van der Waals surface area contributed by atoms with E-state index in [1.807, 2.05) is 36.7 Å². The molecule has 0 saturated carbocycles. The minimum absolute atomic E-state index is 0.0390. The van der Waals surface area contributed by atoms with Gasteiger partial charge in [0, 0.05) is 36.3 Å². The van der Waals surface area contributed by atoms with Crippen LogP contribution in [0.25, 0.3) is 10.9 Å². The quantitative estimate of drug-likeness (QED) is 0.334. The Morgan fingerprint density at radius 2 is 1.90 bits per heavy atom. The van der Waals surface area contributed by atoms with Gasteiger partial charge in [0.05, 0.1) is 11.3 Å². The molecule has 2 aromatic carbocycles. The third-order valence-corrected chi connectivity index (χ3v) is 4.85. The van der Waals surface area contributed by atoms with Crippen LogP contribution >= 0.6 is 0 Å². The fourth-order valence-electron chi connectivity index (χ4n) is 3.39. The standard InChI is InChI=1S/C21H25N5O3/c1-12(2)15-10-16(19(28)11-18(15)27)20(23)26(21(24)29)14-3-4-17-13(9-14)5-7-25(17)8-6-22/h3-5,7,9-12,23,27-28H,6,8,22H2,1-2H3,(H2,24,29). The van der Waals surface area contributed by atoms with Crippen molar-refractivity contribution in [2.45, 2.75) is 26.3 Å². The number of carbonyl (C=O) groups is 1. The number of nitrogens with two attached hydrogens (primary N) is 2. The molecule has 0 fully saturated rings. The molecular formula is C21H25N5O3. The Kier molecular flexibility index (Phi) is 5.47. The zero-order valence-corrected chi connectivity index (χ0v) is 16.4. The zero-order valence-electron chi connectivity index (χ0n) is 16.4. The van der Waals surface area contributed by atoms with Gasteiger partial charge in [0.1, 0.15) is 17.3 Å². The van der Waals surface area contributed by atoms with E-state index < -0.39 is 6.03 Å². The summed E-state index contributed by atoms with van der Waals surface area (Å²) in [6, 6.07) is 9.00. The second-order valence-corrected chi connectivity index (χ2v) is 7.15. The van der Waals surface area contributed by atoms with E-state index in [1.54, 1.807) is 12.1 Å². The number of nitrogens with zero attached hydrogens (tertiary/aromatic N) is 2. The van der Waals surface area contributed by atoms with E-state index in [-0.39, 0.29) is 28.8 Å². The van der Waals surface area contributed by atoms with E-state index in [0.29, 0.717) is 24.3 Å². The first kappa shape index (κ1) is 20.2. The number of nitrogens with one attached hydrogen (secondary N) is 1. The maximum atomic E-state index is 12.2. The van der Waals surface area contributed by atoms with E-state index in [4.69, 9.17) is 16.9 Å². The predicted octanol–water partition coefficient (Wildman–Crippen LogP) is 3.05. The maximum absolute atomic E-state index is 12.2. The molecule has 29 heavy (non-hydrogen) atoms. The van der Waals surface area contributed by atoms with Gasteiger partial charge in [-0.25, -0.2) is 9.69 Å². The molecule has 0 spiro atoms. The Morgan fingerprint density at radius 1 is 1.17 bits per heavy atom. The predicted molar refractivity (Wildman–Crippen MR) is 114 cm³/mol. The first-order chi connectivity index (χ1) is 13.7. The Labute approximate surface area is 168 Å². The van der Waals surface area contributed by atoms with Crippen LogP contribution in [0.4, 0.5) is 10.5 Å². The van der Waals surface area contributed by atoms with Gasteiger partial charge in [-0.05, 0) is 41.8 Å². The third kappa shape index (κ3) is 3.74. The van der Waals surface area contributed by atoms with Crippen LogP contribution in [0.2, 0.25) is 0 Å². The lowest BCUT2D eigenvalue weighted by Gasteiger charge is -2.23. The van der Waals surface area contributed by atoms with Crippen LogP contribution in [0.15, 0.2) is 42.6 Å². The molecular weight excluding hydrogens is 370 g/mol. The number of anilines is 1. The first-order valence-corrected chi connectivity index (χ1v) is 9.28. The van der Waals surface area contributed by atoms with Crippen LogP contribution in [-0.2, 0) is 6.54 Å². The highest BCUT2D eigenvalue weighted by atomic mass is 16.3. The number of aromatic nitrogens is 1. The topological polar surface area (TPSA) is 142 Å². The van der Waals surface area contributed by atoms with Crippen LogP contribution in [0.5, 0.6) is 11.5 Å². The van der Waals surface area contributed by atoms with Crippen LogP contribution in [-0.4, -0.2) is 33.2 Å². The molecule has 0 aliphatic carbocycles. The molecule has 3 rings (SSSR count). The lowest BCUT2D eigenvalue weighted by atomic mass is 9.98. The van der Waals surface area contributed by atoms with Crippen LogP contribution in [0.3, 0.4) is 0 Å². The minimum atomic E-state index is -0.852. The van der Waals surface area contributed by atoms with Crippen LogP contribution in [0.1, 0.15) is 30.9 Å². The molecule has 3 aromatic rings. The number of amides is 2. The fourth-order valence-corrected chi connectivity index (χ4v) is 3.39. The first-order valence-electron chi connectivity index (χ1n) is 9.28. The number of carbonyl (C=O) groups excluding carboxylic acids is 1. The molecule has 0 radical (unpaired) electrons. The summed E-state index contributed by atoms with van der Waals surface area (Å²) in [6.45, 7) is 4.93. The molecule has 8 nitrogen and oxygen atoms in total. The van der Waals surface area contributed by atoms with Crippen molar-refractivity contribution in [3.05, 3.63) is 53.7 Å². The lowest BCUT2D eigenvalue weighted by molar-refractivity contribution is 0.256. The van der Waals surface area contributed by atoms with Crippen molar-refractivity contribution in [1.29, 1.82) is 5.41 Å². The molecule has 0 saturated heterocycles. The normalized spacial score (nSPS) is 11.2. The number of hydrogen-bond acceptors (Lipinski definition) is 5. The van der Waals surface area contributed by atoms with E-state index >= 15 is 0 Å². The van der Waals surface area contributed by atoms with Crippen molar-refractivity contribution in [3.63, 3.8) is 0 Å². The second-order valence-electron chi connectivity index (χ2n) is 7.15. The summed E-state index contributed by atoms with van der Waals surface area (Å²) in [4.78, 5) is 13.2.